The highest BCUT2D eigenvalue weighted by molar-refractivity contribution is 5.79. The molecule has 2 rings (SSSR count). The summed E-state index contributed by atoms with van der Waals surface area (Å²) in [5, 5.41) is 21.8. The summed E-state index contributed by atoms with van der Waals surface area (Å²) in [5.41, 5.74) is 1.76. The molecule has 0 saturated carbocycles. The van der Waals surface area contributed by atoms with Gasteiger partial charge in [-0.3, -0.25) is 4.79 Å². The number of nitrogens with zero attached hydrogens (tertiary/aromatic N) is 2. The zero-order valence-corrected chi connectivity index (χ0v) is 14.4. The average Bonchev–Trinajstić information content (AvgIpc) is 2.57. The van der Waals surface area contributed by atoms with Crippen LogP contribution in [0.4, 0.5) is 0 Å². The first-order chi connectivity index (χ1) is 11.6. The van der Waals surface area contributed by atoms with Crippen LogP contribution in [-0.2, 0) is 17.6 Å². The van der Waals surface area contributed by atoms with Gasteiger partial charge in [0, 0.05) is 13.1 Å². The summed E-state index contributed by atoms with van der Waals surface area (Å²) in [7, 11) is 0. The number of carbonyl (C=O) groups is 1. The van der Waals surface area contributed by atoms with E-state index in [0.29, 0.717) is 13.0 Å². The van der Waals surface area contributed by atoms with Crippen molar-refractivity contribution in [3.63, 3.8) is 0 Å². The molecular formula is C19H27N3O2. The van der Waals surface area contributed by atoms with E-state index in [1.807, 2.05) is 24.3 Å². The van der Waals surface area contributed by atoms with Crippen LogP contribution < -0.4 is 5.32 Å². The highest BCUT2D eigenvalue weighted by atomic mass is 16.3. The minimum Gasteiger partial charge on any atom is -0.390 e. The summed E-state index contributed by atoms with van der Waals surface area (Å²) in [5.74, 6) is 0.651. The van der Waals surface area contributed by atoms with Crippen LogP contribution in [0.3, 0.4) is 0 Å². The van der Waals surface area contributed by atoms with E-state index in [4.69, 9.17) is 5.26 Å². The third-order valence-corrected chi connectivity index (χ3v) is 4.62. The molecule has 0 radical (unpaired) electrons. The maximum absolute atomic E-state index is 12.1. The van der Waals surface area contributed by atoms with Gasteiger partial charge in [-0.05, 0) is 43.0 Å². The molecule has 1 aliphatic heterocycles. The summed E-state index contributed by atoms with van der Waals surface area (Å²) in [6, 6.07) is 9.61. The number of nitrogens with one attached hydrogen (secondary N) is 1. The number of hydrogen-bond donors (Lipinski definition) is 2. The first kappa shape index (κ1) is 18.4. The van der Waals surface area contributed by atoms with Crippen LogP contribution in [0, 0.1) is 17.2 Å². The quantitative estimate of drug-likeness (QED) is 0.795. The van der Waals surface area contributed by atoms with E-state index in [9.17, 15) is 9.90 Å². The van der Waals surface area contributed by atoms with Crippen LogP contribution in [0.15, 0.2) is 24.3 Å². The van der Waals surface area contributed by atoms with Crippen LogP contribution in [0.1, 0.15) is 30.9 Å². The second-order valence-corrected chi connectivity index (χ2v) is 6.72. The van der Waals surface area contributed by atoms with Crippen LogP contribution in [-0.4, -0.2) is 48.2 Å². The Kier molecular flexibility index (Phi) is 7.23. The Labute approximate surface area is 144 Å². The normalized spacial score (nSPS) is 17.2. The molecular weight excluding hydrogens is 302 g/mol. The third kappa shape index (κ3) is 5.95. The predicted octanol–water partition coefficient (Wildman–Crippen LogP) is 1.50. The molecule has 1 fully saturated rings. The van der Waals surface area contributed by atoms with Crippen LogP contribution in [0.25, 0.3) is 0 Å². The van der Waals surface area contributed by atoms with Crippen molar-refractivity contribution < 1.29 is 9.90 Å². The second kappa shape index (κ2) is 9.41. The van der Waals surface area contributed by atoms with Gasteiger partial charge in [-0.1, -0.05) is 31.2 Å². The van der Waals surface area contributed by atoms with E-state index in [2.05, 4.69) is 23.2 Å². The maximum atomic E-state index is 12.1. The maximum Gasteiger partial charge on any atom is 0.224 e. The van der Waals surface area contributed by atoms with E-state index in [0.717, 1.165) is 30.1 Å². The molecule has 5 nitrogen and oxygen atoms in total. The zero-order chi connectivity index (χ0) is 17.4. The summed E-state index contributed by atoms with van der Waals surface area (Å²) in [6.45, 7) is 5.18. The summed E-state index contributed by atoms with van der Waals surface area (Å²) < 4.78 is 0. The first-order valence-electron chi connectivity index (χ1n) is 8.69. The number of rotatable bonds is 7. The summed E-state index contributed by atoms with van der Waals surface area (Å²) in [4.78, 5) is 14.4. The minimum atomic E-state index is -0.545. The van der Waals surface area contributed by atoms with Crippen molar-refractivity contribution in [2.75, 3.05) is 26.2 Å². The molecule has 1 aromatic carbocycles. The Morgan fingerprint density at radius 3 is 2.71 bits per heavy atom. The van der Waals surface area contributed by atoms with Gasteiger partial charge in [0.15, 0.2) is 0 Å². The van der Waals surface area contributed by atoms with Gasteiger partial charge in [0.2, 0.25) is 5.91 Å². The van der Waals surface area contributed by atoms with Crippen molar-refractivity contribution in [1.82, 2.24) is 10.2 Å². The number of hydrogen-bond acceptors (Lipinski definition) is 4. The summed E-state index contributed by atoms with van der Waals surface area (Å²) in [6.07, 6.45) is 2.35. The Morgan fingerprint density at radius 2 is 2.04 bits per heavy atom. The number of β-amino-alcohol motifs (C(OH)–C–C–N with tert-alkyl or cyclic N) is 1. The molecule has 1 unspecified atom stereocenters. The Bertz CT molecular complexity index is 574. The number of aliphatic hydroxyl groups is 1. The van der Waals surface area contributed by atoms with Gasteiger partial charge in [-0.2, -0.15) is 5.26 Å². The highest BCUT2D eigenvalue weighted by Gasteiger charge is 2.18. The number of likely N-dealkylation sites (tertiary alicyclic amines) is 1. The lowest BCUT2D eigenvalue weighted by atomic mass is 9.99. The number of benzene rings is 1. The van der Waals surface area contributed by atoms with E-state index in [1.54, 1.807) is 0 Å². The van der Waals surface area contributed by atoms with Crippen molar-refractivity contribution in [3.05, 3.63) is 35.4 Å². The molecule has 0 aliphatic carbocycles. The van der Waals surface area contributed by atoms with Crippen LogP contribution >= 0.6 is 0 Å². The molecule has 0 spiro atoms. The lowest BCUT2D eigenvalue weighted by molar-refractivity contribution is -0.121. The van der Waals surface area contributed by atoms with Crippen LogP contribution in [0.2, 0.25) is 0 Å². The SMILES string of the molecule is CC1CCN(CC(O)CNC(=O)Cc2ccccc2CC#N)CC1. The molecule has 1 heterocycles. The number of carbonyl (C=O) groups excluding carboxylic acids is 1. The van der Waals surface area contributed by atoms with Crippen molar-refractivity contribution in [2.24, 2.45) is 5.92 Å². The molecule has 1 amide bonds. The standard InChI is InChI=1S/C19H27N3O2/c1-15-7-10-22(11-8-15)14-18(23)13-21-19(24)12-17-5-3-2-4-16(17)6-9-20/h2-5,15,18,23H,6-8,10-14H2,1H3,(H,21,24). The highest BCUT2D eigenvalue weighted by Crippen LogP contribution is 2.15. The average molecular weight is 329 g/mol. The molecule has 5 heteroatoms. The molecule has 1 aromatic rings. The van der Waals surface area contributed by atoms with E-state index < -0.39 is 6.10 Å². The van der Waals surface area contributed by atoms with Gasteiger partial charge in [-0.15, -0.1) is 0 Å². The van der Waals surface area contributed by atoms with Gasteiger partial charge < -0.3 is 15.3 Å². The Balaban J connectivity index is 1.74. The van der Waals surface area contributed by atoms with Crippen LogP contribution in [0.5, 0.6) is 0 Å². The third-order valence-electron chi connectivity index (χ3n) is 4.62. The topological polar surface area (TPSA) is 76.4 Å². The number of aliphatic hydroxyl groups excluding tert-OH is 1. The minimum absolute atomic E-state index is 0.119. The van der Waals surface area contributed by atoms with Crippen molar-refractivity contribution in [2.45, 2.75) is 38.7 Å². The largest absolute Gasteiger partial charge is 0.390 e. The van der Waals surface area contributed by atoms with Gasteiger partial charge in [0.1, 0.15) is 0 Å². The first-order valence-corrected chi connectivity index (χ1v) is 8.69. The van der Waals surface area contributed by atoms with Gasteiger partial charge in [0.05, 0.1) is 25.0 Å². The van der Waals surface area contributed by atoms with Gasteiger partial charge in [-0.25, -0.2) is 0 Å². The van der Waals surface area contributed by atoms with Crippen molar-refractivity contribution >= 4 is 5.91 Å². The van der Waals surface area contributed by atoms with Crippen molar-refractivity contribution in [1.29, 1.82) is 5.26 Å². The fourth-order valence-corrected chi connectivity index (χ4v) is 3.06. The van der Waals surface area contributed by atoms with E-state index in [-0.39, 0.29) is 18.9 Å². The van der Waals surface area contributed by atoms with E-state index in [1.165, 1.54) is 12.8 Å². The van der Waals surface area contributed by atoms with Crippen molar-refractivity contribution in [3.8, 4) is 6.07 Å². The number of piperidine rings is 1. The number of amides is 1. The molecule has 2 N–H and O–H groups in total. The van der Waals surface area contributed by atoms with Gasteiger partial charge in [0.25, 0.3) is 0 Å². The Morgan fingerprint density at radius 1 is 1.38 bits per heavy atom. The fourth-order valence-electron chi connectivity index (χ4n) is 3.06. The molecule has 1 aliphatic rings. The number of nitriles is 1. The molecule has 130 valence electrons. The lowest BCUT2D eigenvalue weighted by Crippen LogP contribution is -2.43. The van der Waals surface area contributed by atoms with Gasteiger partial charge >= 0.3 is 0 Å². The zero-order valence-electron chi connectivity index (χ0n) is 14.4. The fraction of sp³-hybridized carbons (Fsp3) is 0.579. The second-order valence-electron chi connectivity index (χ2n) is 6.72. The molecule has 24 heavy (non-hydrogen) atoms. The predicted molar refractivity (Wildman–Crippen MR) is 93.3 cm³/mol. The molecule has 1 saturated heterocycles. The molecule has 0 bridgehead atoms. The summed E-state index contributed by atoms with van der Waals surface area (Å²) >= 11 is 0. The molecule has 1 atom stereocenters. The smallest absolute Gasteiger partial charge is 0.224 e. The monoisotopic (exact) mass is 329 g/mol. The Hall–Kier alpha value is -1.90. The molecule has 0 aromatic heterocycles. The lowest BCUT2D eigenvalue weighted by Gasteiger charge is -2.31. The van der Waals surface area contributed by atoms with E-state index >= 15 is 0 Å².